The van der Waals surface area contributed by atoms with E-state index < -0.39 is 15.8 Å². The van der Waals surface area contributed by atoms with Crippen LogP contribution >= 0.6 is 22.9 Å². The lowest BCUT2D eigenvalue weighted by Gasteiger charge is -2.29. The van der Waals surface area contributed by atoms with E-state index in [1.807, 2.05) is 0 Å². The topological polar surface area (TPSA) is 66.5 Å². The Labute approximate surface area is 155 Å². The smallest absolute Gasteiger partial charge is 0.270 e. The number of anilines is 1. The summed E-state index contributed by atoms with van der Waals surface area (Å²) >= 11 is 7.16. The van der Waals surface area contributed by atoms with Gasteiger partial charge in [-0.2, -0.15) is 0 Å². The number of carbonyl (C=O) groups is 1. The second kappa shape index (κ2) is 6.16. The zero-order valence-electron chi connectivity index (χ0n) is 13.1. The average Bonchev–Trinajstić information content (AvgIpc) is 3.27. The monoisotopic (exact) mass is 394 g/mol. The number of allylic oxidation sites excluding steroid dienone is 1. The van der Waals surface area contributed by atoms with Crippen molar-refractivity contribution in [2.45, 2.75) is 25.4 Å². The Morgan fingerprint density at radius 3 is 2.64 bits per heavy atom. The van der Waals surface area contributed by atoms with Gasteiger partial charge < -0.3 is 5.32 Å². The molecule has 1 aliphatic heterocycles. The minimum absolute atomic E-state index is 0.150. The summed E-state index contributed by atoms with van der Waals surface area (Å²) in [5.41, 5.74) is 1.24. The normalized spacial score (nSPS) is 20.6. The van der Waals surface area contributed by atoms with Crippen LogP contribution in [0.5, 0.6) is 0 Å². The van der Waals surface area contributed by atoms with Crippen LogP contribution in [-0.2, 0) is 16.6 Å². The van der Waals surface area contributed by atoms with Crippen molar-refractivity contribution < 1.29 is 13.2 Å². The molecule has 4 rings (SSSR count). The fraction of sp³-hybridized carbons (Fsp3) is 0.235. The molecule has 1 aliphatic carbocycles. The van der Waals surface area contributed by atoms with Crippen LogP contribution < -0.4 is 9.62 Å². The third-order valence-electron chi connectivity index (χ3n) is 4.18. The second-order valence-electron chi connectivity index (χ2n) is 6.05. The maximum Gasteiger partial charge on any atom is 0.270 e. The van der Waals surface area contributed by atoms with E-state index in [1.54, 1.807) is 35.7 Å². The Kier molecular flexibility index (Phi) is 4.10. The number of rotatable bonds is 4. The number of hydrogen-bond donors (Lipinski definition) is 1. The largest absolute Gasteiger partial charge is 0.387 e. The number of Topliss-reactive ketones (excluding diaryl/α,β-unsaturated/α-hetero) is 1. The van der Waals surface area contributed by atoms with Gasteiger partial charge in [-0.25, -0.2) is 8.42 Å². The molecular formula is C17H15ClN2O3S2. The first-order valence-electron chi connectivity index (χ1n) is 7.82. The number of ketones is 1. The van der Waals surface area contributed by atoms with Gasteiger partial charge >= 0.3 is 0 Å². The van der Waals surface area contributed by atoms with E-state index >= 15 is 0 Å². The zero-order chi connectivity index (χ0) is 17.6. The molecule has 0 saturated heterocycles. The number of thiophene rings is 1. The van der Waals surface area contributed by atoms with Crippen LogP contribution in [0, 0.1) is 0 Å². The van der Waals surface area contributed by atoms with Crippen LogP contribution in [-0.4, -0.2) is 20.2 Å². The summed E-state index contributed by atoms with van der Waals surface area (Å²) in [6, 6.07) is 8.95. The lowest BCUT2D eigenvalue weighted by molar-refractivity contribution is 0.104. The third-order valence-corrected chi connectivity index (χ3v) is 7.10. The average molecular weight is 395 g/mol. The molecule has 25 heavy (non-hydrogen) atoms. The van der Waals surface area contributed by atoms with Crippen LogP contribution in [0.2, 0.25) is 5.02 Å². The molecular weight excluding hydrogens is 380 g/mol. The van der Waals surface area contributed by atoms with E-state index in [0.717, 1.165) is 18.4 Å². The number of hydrogen-bond acceptors (Lipinski definition) is 5. The third kappa shape index (κ3) is 3.07. The van der Waals surface area contributed by atoms with Crippen molar-refractivity contribution in [2.75, 3.05) is 4.31 Å². The van der Waals surface area contributed by atoms with Gasteiger partial charge in [-0.05, 0) is 42.0 Å². The maximum absolute atomic E-state index is 13.1. The fourth-order valence-corrected chi connectivity index (χ4v) is 5.27. The van der Waals surface area contributed by atoms with Crippen LogP contribution in [0.1, 0.15) is 28.1 Å². The quantitative estimate of drug-likeness (QED) is 0.805. The van der Waals surface area contributed by atoms with E-state index in [9.17, 15) is 13.2 Å². The number of benzene rings is 1. The summed E-state index contributed by atoms with van der Waals surface area (Å²) in [6.45, 7) is 0.150. The van der Waals surface area contributed by atoms with Gasteiger partial charge in [-0.15, -0.1) is 11.3 Å². The number of sulfonamides is 1. The molecule has 0 radical (unpaired) electrons. The molecule has 0 spiro atoms. The van der Waals surface area contributed by atoms with Crippen LogP contribution in [0.15, 0.2) is 46.8 Å². The molecule has 130 valence electrons. The van der Waals surface area contributed by atoms with Gasteiger partial charge in [0.2, 0.25) is 5.78 Å². The summed E-state index contributed by atoms with van der Waals surface area (Å²) in [4.78, 5) is 12.9. The molecule has 1 aromatic heterocycles. The molecule has 1 aromatic carbocycles. The van der Waals surface area contributed by atoms with Crippen molar-refractivity contribution in [1.29, 1.82) is 0 Å². The van der Waals surface area contributed by atoms with Crippen molar-refractivity contribution in [3.8, 4) is 0 Å². The Balaban J connectivity index is 1.76. The minimum Gasteiger partial charge on any atom is -0.387 e. The van der Waals surface area contributed by atoms with Gasteiger partial charge in [0.05, 0.1) is 12.2 Å². The molecule has 1 saturated carbocycles. The predicted octanol–water partition coefficient (Wildman–Crippen LogP) is 3.53. The van der Waals surface area contributed by atoms with Crippen molar-refractivity contribution in [3.63, 3.8) is 0 Å². The Hall–Kier alpha value is -1.83. The van der Waals surface area contributed by atoms with Gasteiger partial charge in [-0.3, -0.25) is 9.10 Å². The standard InChI is InChI=1S/C17H15ClN2O3S2/c18-12-3-1-11(2-4-12)10-20-14-7-8-24-17(14)16(21)15(25(20,22)23)9-19-13-5-6-13/h1-4,7-9,13,19H,5-6,10H2/b15-9-. The van der Waals surface area contributed by atoms with Crippen molar-refractivity contribution >= 4 is 44.4 Å². The summed E-state index contributed by atoms with van der Waals surface area (Å²) in [7, 11) is -3.92. The highest BCUT2D eigenvalue weighted by Crippen LogP contribution is 2.39. The van der Waals surface area contributed by atoms with Crippen molar-refractivity contribution in [1.82, 2.24) is 5.32 Å². The van der Waals surface area contributed by atoms with Crippen LogP contribution in [0.3, 0.4) is 0 Å². The van der Waals surface area contributed by atoms with Gasteiger partial charge in [0, 0.05) is 17.3 Å². The maximum atomic E-state index is 13.1. The second-order valence-corrected chi connectivity index (χ2v) is 9.24. The number of halogens is 1. The Morgan fingerprint density at radius 2 is 1.96 bits per heavy atom. The summed E-state index contributed by atoms with van der Waals surface area (Å²) in [5.74, 6) is -0.439. The summed E-state index contributed by atoms with van der Waals surface area (Å²) < 4.78 is 27.4. The highest BCUT2D eigenvalue weighted by Gasteiger charge is 2.41. The molecule has 0 amide bonds. The molecule has 8 heteroatoms. The molecule has 0 unspecified atom stereocenters. The van der Waals surface area contributed by atoms with Crippen molar-refractivity contribution in [3.05, 3.63) is 62.3 Å². The molecule has 2 aromatic rings. The summed E-state index contributed by atoms with van der Waals surface area (Å²) in [5, 5.41) is 5.35. The van der Waals surface area contributed by atoms with E-state index in [-0.39, 0.29) is 17.5 Å². The van der Waals surface area contributed by atoms with E-state index in [2.05, 4.69) is 5.32 Å². The molecule has 2 heterocycles. The van der Waals surface area contributed by atoms with E-state index in [4.69, 9.17) is 11.6 Å². The molecule has 5 nitrogen and oxygen atoms in total. The predicted molar refractivity (Wildman–Crippen MR) is 99.4 cm³/mol. The first-order valence-corrected chi connectivity index (χ1v) is 10.5. The van der Waals surface area contributed by atoms with E-state index in [0.29, 0.717) is 15.6 Å². The SMILES string of the molecule is O=C1/C(=C/NC2CC2)S(=O)(=O)N(Cc2ccc(Cl)cc2)c2ccsc21. The number of nitrogens with zero attached hydrogens (tertiary/aromatic N) is 1. The zero-order valence-corrected chi connectivity index (χ0v) is 15.5. The summed E-state index contributed by atoms with van der Waals surface area (Å²) in [6.07, 6.45) is 3.36. The molecule has 0 bridgehead atoms. The number of fused-ring (bicyclic) bond motifs is 1. The highest BCUT2D eigenvalue weighted by atomic mass is 35.5. The fourth-order valence-electron chi connectivity index (χ4n) is 2.66. The Morgan fingerprint density at radius 1 is 1.24 bits per heavy atom. The van der Waals surface area contributed by atoms with Crippen LogP contribution in [0.25, 0.3) is 0 Å². The first kappa shape index (κ1) is 16.6. The van der Waals surface area contributed by atoms with Gasteiger partial charge in [-0.1, -0.05) is 23.7 Å². The lowest BCUT2D eigenvalue weighted by Crippen LogP contribution is -2.38. The van der Waals surface area contributed by atoms with Gasteiger partial charge in [0.1, 0.15) is 4.88 Å². The van der Waals surface area contributed by atoms with Crippen molar-refractivity contribution in [2.24, 2.45) is 0 Å². The number of nitrogens with one attached hydrogen (secondary N) is 1. The van der Waals surface area contributed by atoms with Gasteiger partial charge in [0.15, 0.2) is 4.91 Å². The van der Waals surface area contributed by atoms with E-state index in [1.165, 1.54) is 21.8 Å². The lowest BCUT2D eigenvalue weighted by atomic mass is 10.2. The molecule has 0 atom stereocenters. The minimum atomic E-state index is -3.92. The number of carbonyl (C=O) groups excluding carboxylic acids is 1. The first-order chi connectivity index (χ1) is 12.0. The van der Waals surface area contributed by atoms with Gasteiger partial charge in [0.25, 0.3) is 10.0 Å². The highest BCUT2D eigenvalue weighted by molar-refractivity contribution is 7.97. The Bertz CT molecular complexity index is 960. The molecule has 2 aliphatic rings. The molecule has 1 fully saturated rings. The van der Waals surface area contributed by atoms with Crippen LogP contribution in [0.4, 0.5) is 5.69 Å². The molecule has 1 N–H and O–H groups in total.